The highest BCUT2D eigenvalue weighted by molar-refractivity contribution is 5.97. The Balaban J connectivity index is 0.00000242. The molecule has 0 unspecified atom stereocenters. The lowest BCUT2D eigenvalue weighted by Crippen LogP contribution is -2.46. The van der Waals surface area contributed by atoms with Gasteiger partial charge in [0.25, 0.3) is 5.91 Å². The minimum atomic E-state index is -0.118. The van der Waals surface area contributed by atoms with Crippen molar-refractivity contribution in [3.8, 4) is 0 Å². The molecular formula is C15H23ClN4O2. The number of amides is 3. The lowest BCUT2D eigenvalue weighted by Gasteiger charge is -2.27. The number of benzene rings is 1. The largest absolute Gasteiger partial charge is 0.351 e. The van der Waals surface area contributed by atoms with Gasteiger partial charge < -0.3 is 16.0 Å². The third-order valence-corrected chi connectivity index (χ3v) is 3.34. The average molecular weight is 327 g/mol. The van der Waals surface area contributed by atoms with Crippen molar-refractivity contribution < 1.29 is 9.59 Å². The Morgan fingerprint density at radius 2 is 2.18 bits per heavy atom. The molecule has 1 aromatic rings. The number of hydrogen-bond acceptors (Lipinski definition) is 3. The number of carbonyl (C=O) groups is 2. The summed E-state index contributed by atoms with van der Waals surface area (Å²) < 4.78 is 0. The summed E-state index contributed by atoms with van der Waals surface area (Å²) in [4.78, 5) is 25.6. The molecule has 1 aliphatic heterocycles. The maximum atomic E-state index is 12.1. The average Bonchev–Trinajstić information content (AvgIpc) is 2.52. The Morgan fingerprint density at radius 1 is 1.36 bits per heavy atom. The Labute approximate surface area is 137 Å². The fourth-order valence-electron chi connectivity index (χ4n) is 2.23. The molecule has 1 heterocycles. The van der Waals surface area contributed by atoms with E-state index in [-0.39, 0.29) is 24.3 Å². The molecule has 6 nitrogen and oxygen atoms in total. The van der Waals surface area contributed by atoms with Crippen LogP contribution in [-0.2, 0) is 0 Å². The van der Waals surface area contributed by atoms with E-state index in [1.807, 2.05) is 13.0 Å². The van der Waals surface area contributed by atoms with E-state index in [1.54, 1.807) is 23.1 Å². The Morgan fingerprint density at radius 3 is 2.91 bits per heavy atom. The van der Waals surface area contributed by atoms with Gasteiger partial charge in [-0.1, -0.05) is 13.0 Å². The minimum Gasteiger partial charge on any atom is -0.351 e. The zero-order valence-electron chi connectivity index (χ0n) is 12.7. The van der Waals surface area contributed by atoms with Gasteiger partial charge >= 0.3 is 6.03 Å². The molecule has 1 fully saturated rings. The molecule has 1 aliphatic rings. The van der Waals surface area contributed by atoms with Crippen molar-refractivity contribution in [1.82, 2.24) is 16.0 Å². The van der Waals surface area contributed by atoms with Gasteiger partial charge in [-0.2, -0.15) is 0 Å². The van der Waals surface area contributed by atoms with Gasteiger partial charge in [-0.15, -0.1) is 12.4 Å². The van der Waals surface area contributed by atoms with Crippen LogP contribution in [0.3, 0.4) is 0 Å². The maximum Gasteiger partial charge on any atom is 0.321 e. The summed E-state index contributed by atoms with van der Waals surface area (Å²) in [6.45, 7) is 5.62. The second-order valence-electron chi connectivity index (χ2n) is 4.90. The van der Waals surface area contributed by atoms with Gasteiger partial charge in [-0.05, 0) is 31.2 Å². The first-order valence-corrected chi connectivity index (χ1v) is 7.36. The SMILES string of the molecule is CCNCCNC(=O)c1cccc(N2CCCNC2=O)c1.Cl. The van der Waals surface area contributed by atoms with Gasteiger partial charge in [0.2, 0.25) is 0 Å². The van der Waals surface area contributed by atoms with E-state index in [9.17, 15) is 9.59 Å². The zero-order valence-corrected chi connectivity index (χ0v) is 13.5. The molecule has 122 valence electrons. The van der Waals surface area contributed by atoms with Crippen molar-refractivity contribution in [3.05, 3.63) is 29.8 Å². The molecular weight excluding hydrogens is 304 g/mol. The number of urea groups is 1. The topological polar surface area (TPSA) is 73.5 Å². The molecule has 3 amide bonds. The van der Waals surface area contributed by atoms with Crippen molar-refractivity contribution in [2.75, 3.05) is 37.6 Å². The minimum absolute atomic E-state index is 0. The molecule has 3 N–H and O–H groups in total. The number of rotatable bonds is 6. The number of anilines is 1. The summed E-state index contributed by atoms with van der Waals surface area (Å²) in [5.41, 5.74) is 1.33. The van der Waals surface area contributed by atoms with E-state index >= 15 is 0 Å². The number of nitrogens with zero attached hydrogens (tertiary/aromatic N) is 1. The van der Waals surface area contributed by atoms with E-state index in [0.29, 0.717) is 25.2 Å². The predicted molar refractivity (Wildman–Crippen MR) is 89.9 cm³/mol. The smallest absolute Gasteiger partial charge is 0.321 e. The highest BCUT2D eigenvalue weighted by Gasteiger charge is 2.19. The van der Waals surface area contributed by atoms with Gasteiger partial charge in [0.15, 0.2) is 0 Å². The summed E-state index contributed by atoms with van der Waals surface area (Å²) in [6, 6.07) is 7.06. The first-order chi connectivity index (χ1) is 10.2. The van der Waals surface area contributed by atoms with E-state index in [0.717, 1.165) is 25.2 Å². The summed E-state index contributed by atoms with van der Waals surface area (Å²) in [6.07, 6.45) is 0.908. The Kier molecular flexibility index (Phi) is 7.70. The van der Waals surface area contributed by atoms with Crippen molar-refractivity contribution in [1.29, 1.82) is 0 Å². The summed E-state index contributed by atoms with van der Waals surface area (Å²) in [5.74, 6) is -0.118. The van der Waals surface area contributed by atoms with Crippen LogP contribution in [0.1, 0.15) is 23.7 Å². The van der Waals surface area contributed by atoms with E-state index in [4.69, 9.17) is 0 Å². The molecule has 1 saturated heterocycles. The van der Waals surface area contributed by atoms with Gasteiger partial charge in [0.05, 0.1) is 0 Å². The molecule has 0 saturated carbocycles. The highest BCUT2D eigenvalue weighted by atomic mass is 35.5. The second kappa shape index (κ2) is 9.27. The molecule has 0 spiro atoms. The molecule has 1 aromatic carbocycles. The zero-order chi connectivity index (χ0) is 15.1. The number of carbonyl (C=O) groups excluding carboxylic acids is 2. The fourth-order valence-corrected chi connectivity index (χ4v) is 2.23. The van der Waals surface area contributed by atoms with Crippen LogP contribution in [-0.4, -0.2) is 44.7 Å². The normalized spacial score (nSPS) is 14.0. The van der Waals surface area contributed by atoms with Crippen molar-refractivity contribution in [2.45, 2.75) is 13.3 Å². The van der Waals surface area contributed by atoms with E-state index in [2.05, 4.69) is 16.0 Å². The Hall–Kier alpha value is -1.79. The van der Waals surface area contributed by atoms with Crippen LogP contribution in [0.2, 0.25) is 0 Å². The molecule has 0 radical (unpaired) electrons. The first-order valence-electron chi connectivity index (χ1n) is 7.36. The molecule has 7 heteroatoms. The molecule has 0 aliphatic carbocycles. The van der Waals surface area contributed by atoms with E-state index in [1.165, 1.54) is 0 Å². The lowest BCUT2D eigenvalue weighted by molar-refractivity contribution is 0.0954. The van der Waals surface area contributed by atoms with Crippen molar-refractivity contribution in [2.24, 2.45) is 0 Å². The van der Waals surface area contributed by atoms with Crippen LogP contribution in [0, 0.1) is 0 Å². The number of likely N-dealkylation sites (N-methyl/N-ethyl adjacent to an activating group) is 1. The van der Waals surface area contributed by atoms with Gasteiger partial charge in [0.1, 0.15) is 0 Å². The van der Waals surface area contributed by atoms with Crippen LogP contribution in [0.5, 0.6) is 0 Å². The van der Waals surface area contributed by atoms with Crippen molar-refractivity contribution in [3.63, 3.8) is 0 Å². The standard InChI is InChI=1S/C15H22N4O2.ClH/c1-2-16-8-9-17-14(20)12-5-3-6-13(11-12)19-10-4-7-18-15(19)21;/h3,5-6,11,16H,2,4,7-10H2,1H3,(H,17,20)(H,18,21);1H. The van der Waals surface area contributed by atoms with Gasteiger partial charge in [0, 0.05) is 37.4 Å². The summed E-state index contributed by atoms with van der Waals surface area (Å²) in [7, 11) is 0. The molecule has 0 aromatic heterocycles. The third kappa shape index (κ3) is 4.89. The van der Waals surface area contributed by atoms with Crippen molar-refractivity contribution >= 4 is 30.0 Å². The third-order valence-electron chi connectivity index (χ3n) is 3.34. The quantitative estimate of drug-likeness (QED) is 0.691. The Bertz CT molecular complexity index is 510. The molecule has 0 bridgehead atoms. The highest BCUT2D eigenvalue weighted by Crippen LogP contribution is 2.18. The van der Waals surface area contributed by atoms with Gasteiger partial charge in [-0.25, -0.2) is 4.79 Å². The summed E-state index contributed by atoms with van der Waals surface area (Å²) >= 11 is 0. The van der Waals surface area contributed by atoms with Crippen LogP contribution >= 0.6 is 12.4 Å². The molecule has 0 atom stereocenters. The van der Waals surface area contributed by atoms with Crippen LogP contribution in [0.4, 0.5) is 10.5 Å². The fraction of sp³-hybridized carbons (Fsp3) is 0.467. The monoisotopic (exact) mass is 326 g/mol. The maximum absolute atomic E-state index is 12.1. The van der Waals surface area contributed by atoms with Crippen LogP contribution in [0.15, 0.2) is 24.3 Å². The number of hydrogen-bond donors (Lipinski definition) is 3. The number of nitrogens with one attached hydrogen (secondary N) is 3. The summed E-state index contributed by atoms with van der Waals surface area (Å²) in [5, 5.41) is 8.81. The number of halogens is 1. The van der Waals surface area contributed by atoms with Gasteiger partial charge in [-0.3, -0.25) is 9.69 Å². The van der Waals surface area contributed by atoms with Crippen LogP contribution < -0.4 is 20.9 Å². The molecule has 2 rings (SSSR count). The van der Waals surface area contributed by atoms with E-state index < -0.39 is 0 Å². The first kappa shape index (κ1) is 18.3. The van der Waals surface area contributed by atoms with Crippen LogP contribution in [0.25, 0.3) is 0 Å². The molecule has 22 heavy (non-hydrogen) atoms. The second-order valence-corrected chi connectivity index (χ2v) is 4.90. The predicted octanol–water partition coefficient (Wildman–Crippen LogP) is 1.37. The lowest BCUT2D eigenvalue weighted by atomic mass is 10.1.